The quantitative estimate of drug-likeness (QED) is 0.177. The molecule has 6 heterocycles. The van der Waals surface area contributed by atoms with Gasteiger partial charge in [0.25, 0.3) is 0 Å². The van der Waals surface area contributed by atoms with Crippen LogP contribution in [0.4, 0.5) is 0 Å². The summed E-state index contributed by atoms with van der Waals surface area (Å²) >= 11 is 0. The fraction of sp³-hybridized carbons (Fsp3) is 0.147. The molecule has 5 heteroatoms. The van der Waals surface area contributed by atoms with Crippen LogP contribution in [-0.2, 0) is 16.2 Å². The maximum atomic E-state index is 6.89. The second-order valence-electron chi connectivity index (χ2n) is 24.3. The van der Waals surface area contributed by atoms with Crippen molar-refractivity contribution in [3.05, 3.63) is 269 Å². The monoisotopic (exact) mass is 1020 g/mol. The normalized spacial score (nSPS) is 21.1. The van der Waals surface area contributed by atoms with Gasteiger partial charge in [0.2, 0.25) is 0 Å². The van der Waals surface area contributed by atoms with E-state index >= 15 is 0 Å². The highest BCUT2D eigenvalue weighted by Gasteiger charge is 2.60. The van der Waals surface area contributed by atoms with Crippen LogP contribution in [0.5, 0.6) is 23.0 Å². The Morgan fingerprint density at radius 1 is 0.400 bits per heavy atom. The topological polar surface area (TPSA) is 48.7 Å². The van der Waals surface area contributed by atoms with Crippen LogP contribution in [0.25, 0.3) is 82.6 Å². The molecule has 2 spiro atoms. The molecule has 80 heavy (non-hydrogen) atoms. The average molecular weight is 1020 g/mol. The molecule has 0 amide bonds. The van der Waals surface area contributed by atoms with Crippen molar-refractivity contribution < 1.29 is 9.47 Å². The molecular formula is C75H49N3O2. The van der Waals surface area contributed by atoms with Crippen LogP contribution in [0.2, 0.25) is 0 Å². The van der Waals surface area contributed by atoms with Gasteiger partial charge in [0.05, 0.1) is 51.2 Å². The molecule has 2 aliphatic heterocycles. The van der Waals surface area contributed by atoms with Gasteiger partial charge in [-0.1, -0.05) is 170 Å². The fourth-order valence-electron chi connectivity index (χ4n) is 18.4. The largest absolute Gasteiger partial charge is 0.457 e. The van der Waals surface area contributed by atoms with Gasteiger partial charge >= 0.3 is 0 Å². The molecule has 8 aliphatic rings. The van der Waals surface area contributed by atoms with E-state index in [2.05, 4.69) is 223 Å². The van der Waals surface area contributed by atoms with Crippen LogP contribution < -0.4 is 9.47 Å². The van der Waals surface area contributed by atoms with Gasteiger partial charge < -0.3 is 13.9 Å². The minimum Gasteiger partial charge on any atom is -0.457 e. The molecule has 4 bridgehead atoms. The van der Waals surface area contributed by atoms with Crippen molar-refractivity contribution in [3.63, 3.8) is 0 Å². The molecule has 5 nitrogen and oxygen atoms in total. The third-order valence-electron chi connectivity index (χ3n) is 21.0. The van der Waals surface area contributed by atoms with Gasteiger partial charge in [-0.05, 0) is 142 Å². The summed E-state index contributed by atoms with van der Waals surface area (Å²) in [6, 6.07) is 76.3. The number of para-hydroxylation sites is 4. The van der Waals surface area contributed by atoms with Gasteiger partial charge in [-0.15, -0.1) is 0 Å². The molecule has 9 aromatic carbocycles. The zero-order chi connectivity index (χ0) is 51.8. The lowest BCUT2D eigenvalue weighted by molar-refractivity contribution is 0.266. The molecule has 6 aliphatic carbocycles. The standard InChI is InChI=1S/C75H49N3O2/c1-3-17-44(18-4-1)48-21-15-27-56-64(48)68-66-50-36-47(73-38-42-33-43(39-73)35-46(73)34-42)37-51-67-59(78(70(50)51)58(66)40-76-71(68)74(56)52-23-7-11-29-60(52)79-61-30-12-8-24-53(61)74)41-77-72-69(67)65-49(45-19-5-2-6-20-45)22-16-28-57(65)75(72)54-25-9-13-31-62(54)80-63-32-14-10-26-55(63)75/h1-32,36-37,40-43,46H,33-35,38-39H2. The number of hydrogen-bond donors (Lipinski definition) is 0. The summed E-state index contributed by atoms with van der Waals surface area (Å²) in [4.78, 5) is 11.9. The number of hydrogen-bond acceptors (Lipinski definition) is 4. The summed E-state index contributed by atoms with van der Waals surface area (Å²) in [5.74, 6) is 5.74. The van der Waals surface area contributed by atoms with Crippen molar-refractivity contribution in [2.24, 2.45) is 17.8 Å². The van der Waals surface area contributed by atoms with Crippen LogP contribution >= 0.6 is 0 Å². The van der Waals surface area contributed by atoms with E-state index in [0.29, 0.717) is 5.92 Å². The molecule has 13 aromatic rings. The van der Waals surface area contributed by atoms with Gasteiger partial charge in [-0.25, -0.2) is 0 Å². The Bertz CT molecular complexity index is 4530. The second-order valence-corrected chi connectivity index (χ2v) is 24.3. The summed E-state index contributed by atoms with van der Waals surface area (Å²) in [7, 11) is 0. The SMILES string of the molecule is c1ccc(-c2cccc3c2-c2c(ncc4c2c2cc(C56CC7CC(CC5C7)C6)cc5c6c7c(ncc6n4c25)C2(c4ccccc4Oc4ccccc42)c2cccc(-c4ccccc4)c2-7)C32c3ccccc3Oc3ccccc32)cc1. The van der Waals surface area contributed by atoms with E-state index in [9.17, 15) is 0 Å². The Hall–Kier alpha value is -9.32. The molecule has 0 N–H and O–H groups in total. The lowest BCUT2D eigenvalue weighted by Crippen LogP contribution is -2.33. The first-order chi connectivity index (χ1) is 39.6. The molecule has 0 radical (unpaired) electrons. The maximum absolute atomic E-state index is 6.89. The van der Waals surface area contributed by atoms with Crippen molar-refractivity contribution in [2.45, 2.75) is 48.3 Å². The number of ether oxygens (including phenoxy) is 2. The molecule has 4 aromatic heterocycles. The summed E-state index contributed by atoms with van der Waals surface area (Å²) in [5, 5.41) is 5.15. The molecule has 2 atom stereocenters. The van der Waals surface area contributed by atoms with Crippen molar-refractivity contribution in [2.75, 3.05) is 0 Å². The Balaban J connectivity index is 0.990. The van der Waals surface area contributed by atoms with Gasteiger partial charge in [0.15, 0.2) is 0 Å². The zero-order valence-corrected chi connectivity index (χ0v) is 43.7. The Morgan fingerprint density at radius 2 is 0.800 bits per heavy atom. The second kappa shape index (κ2) is 14.7. The van der Waals surface area contributed by atoms with Crippen LogP contribution in [0.1, 0.15) is 82.4 Å². The van der Waals surface area contributed by atoms with Crippen molar-refractivity contribution in [3.8, 4) is 67.5 Å². The highest BCUT2D eigenvalue weighted by Crippen LogP contribution is 2.70. The maximum Gasteiger partial charge on any atom is 0.132 e. The lowest BCUT2D eigenvalue weighted by Gasteiger charge is -2.38. The van der Waals surface area contributed by atoms with E-state index in [4.69, 9.17) is 19.4 Å². The van der Waals surface area contributed by atoms with Gasteiger partial charge in [-0.3, -0.25) is 9.97 Å². The molecule has 4 fully saturated rings. The van der Waals surface area contributed by atoms with Crippen LogP contribution in [0.15, 0.2) is 219 Å². The van der Waals surface area contributed by atoms with E-state index in [1.807, 2.05) is 0 Å². The first-order valence-corrected chi connectivity index (χ1v) is 28.8. The van der Waals surface area contributed by atoms with Gasteiger partial charge in [0.1, 0.15) is 23.0 Å². The van der Waals surface area contributed by atoms with E-state index in [-0.39, 0.29) is 5.41 Å². The van der Waals surface area contributed by atoms with E-state index in [0.717, 1.165) is 79.5 Å². The summed E-state index contributed by atoms with van der Waals surface area (Å²) in [6.45, 7) is 0. The van der Waals surface area contributed by atoms with E-state index < -0.39 is 10.8 Å². The minimum atomic E-state index is -0.752. The highest BCUT2D eigenvalue weighted by atomic mass is 16.5. The number of aromatic nitrogens is 3. The third-order valence-corrected chi connectivity index (χ3v) is 21.0. The lowest BCUT2D eigenvalue weighted by atomic mass is 9.67. The smallest absolute Gasteiger partial charge is 0.132 e. The predicted molar refractivity (Wildman–Crippen MR) is 318 cm³/mol. The average Bonchev–Trinajstić information content (AvgIpc) is 2.19. The molecule has 0 saturated heterocycles. The number of nitrogens with zero attached hydrogens (tertiary/aromatic N) is 3. The molecular weight excluding hydrogens is 975 g/mol. The summed E-state index contributed by atoms with van der Waals surface area (Å²) in [6.07, 6.45) is 11.1. The summed E-state index contributed by atoms with van der Waals surface area (Å²) in [5.41, 5.74) is 22.4. The Kier molecular flexibility index (Phi) is 7.82. The number of benzene rings is 9. The van der Waals surface area contributed by atoms with Crippen LogP contribution in [0.3, 0.4) is 0 Å². The Morgan fingerprint density at radius 3 is 1.24 bits per heavy atom. The first-order valence-electron chi connectivity index (χ1n) is 28.8. The number of pyridine rings is 2. The minimum absolute atomic E-state index is 0.127. The van der Waals surface area contributed by atoms with Crippen LogP contribution in [-0.4, -0.2) is 14.4 Å². The van der Waals surface area contributed by atoms with Crippen molar-refractivity contribution >= 4 is 38.1 Å². The summed E-state index contributed by atoms with van der Waals surface area (Å²) < 4.78 is 16.4. The fourth-order valence-corrected chi connectivity index (χ4v) is 18.4. The number of rotatable bonds is 3. The first kappa shape index (κ1) is 42.7. The van der Waals surface area contributed by atoms with Crippen molar-refractivity contribution in [1.29, 1.82) is 0 Å². The zero-order valence-electron chi connectivity index (χ0n) is 43.7. The molecule has 376 valence electrons. The van der Waals surface area contributed by atoms with E-state index in [1.54, 1.807) is 0 Å². The van der Waals surface area contributed by atoms with E-state index in [1.165, 1.54) is 120 Å². The molecule has 2 unspecified atom stereocenters. The molecule has 4 saturated carbocycles. The van der Waals surface area contributed by atoms with Gasteiger partial charge in [-0.2, -0.15) is 0 Å². The van der Waals surface area contributed by atoms with Crippen molar-refractivity contribution in [1.82, 2.24) is 14.4 Å². The Labute approximate surface area is 462 Å². The number of fused-ring (bicyclic) bond motifs is 26. The van der Waals surface area contributed by atoms with Gasteiger partial charge in [0, 0.05) is 54.9 Å². The molecule has 21 rings (SSSR count). The third kappa shape index (κ3) is 4.85. The predicted octanol–water partition coefficient (Wildman–Crippen LogP) is 18.0. The highest BCUT2D eigenvalue weighted by molar-refractivity contribution is 6.30. The van der Waals surface area contributed by atoms with Crippen LogP contribution in [0, 0.1) is 17.8 Å².